The summed E-state index contributed by atoms with van der Waals surface area (Å²) in [6.45, 7) is 4.39. The van der Waals surface area contributed by atoms with Crippen LogP contribution in [0.2, 0.25) is 0 Å². The molecule has 2 atom stereocenters. The summed E-state index contributed by atoms with van der Waals surface area (Å²) in [6, 6.07) is 2.33. The number of hydrogen-bond acceptors (Lipinski definition) is 4. The number of carbonyl (C=O) groups excluding carboxylic acids is 1. The Bertz CT molecular complexity index is 369. The number of rotatable bonds is 3. The summed E-state index contributed by atoms with van der Waals surface area (Å²) in [5, 5.41) is 12.4. The number of ether oxygens (including phenoxy) is 1. The van der Waals surface area contributed by atoms with Gasteiger partial charge in [0.1, 0.15) is 5.54 Å². The fourth-order valence-corrected chi connectivity index (χ4v) is 2.94. The molecule has 1 N–H and O–H groups in total. The quantitative estimate of drug-likeness (QED) is 0.823. The van der Waals surface area contributed by atoms with E-state index in [1.165, 1.54) is 0 Å². The lowest BCUT2D eigenvalue weighted by Gasteiger charge is -2.36. The largest absolute Gasteiger partial charge is 0.377 e. The number of hydrogen-bond donors (Lipinski definition) is 1. The Balaban J connectivity index is 1.99. The maximum atomic E-state index is 12.4. The molecule has 2 heterocycles. The average molecular weight is 265 g/mol. The Morgan fingerprint density at radius 1 is 1.53 bits per heavy atom. The summed E-state index contributed by atoms with van der Waals surface area (Å²) in [7, 11) is 2.04. The highest BCUT2D eigenvalue weighted by Crippen LogP contribution is 2.26. The number of nitrogens with one attached hydrogen (secondary N) is 1. The van der Waals surface area contributed by atoms with Crippen LogP contribution in [0.3, 0.4) is 0 Å². The van der Waals surface area contributed by atoms with Gasteiger partial charge >= 0.3 is 0 Å². The zero-order valence-corrected chi connectivity index (χ0v) is 11.8. The van der Waals surface area contributed by atoms with E-state index in [0.717, 1.165) is 25.9 Å². The van der Waals surface area contributed by atoms with Crippen molar-refractivity contribution in [2.45, 2.75) is 44.2 Å². The van der Waals surface area contributed by atoms with Crippen LogP contribution < -0.4 is 5.32 Å². The van der Waals surface area contributed by atoms with Crippen molar-refractivity contribution in [1.29, 1.82) is 5.26 Å². The molecule has 2 aliphatic rings. The number of carbonyl (C=O) groups is 1. The maximum Gasteiger partial charge on any atom is 0.227 e. The van der Waals surface area contributed by atoms with Gasteiger partial charge in [-0.2, -0.15) is 5.26 Å². The third kappa shape index (κ3) is 3.07. The highest BCUT2D eigenvalue weighted by atomic mass is 16.5. The smallest absolute Gasteiger partial charge is 0.227 e. The van der Waals surface area contributed by atoms with E-state index in [-0.39, 0.29) is 17.9 Å². The fourth-order valence-electron chi connectivity index (χ4n) is 2.94. The highest BCUT2D eigenvalue weighted by molar-refractivity contribution is 5.80. The standard InChI is InChI=1S/C14H23N3O2/c1-3-12-11(4-9-19-12)13(18)16-14(10-15)5-7-17(2)8-6-14/h11-12H,3-9H2,1-2H3,(H,16,18). The number of amides is 1. The van der Waals surface area contributed by atoms with E-state index in [1.807, 2.05) is 14.0 Å². The topological polar surface area (TPSA) is 65.4 Å². The van der Waals surface area contributed by atoms with Gasteiger partial charge in [0.2, 0.25) is 5.91 Å². The SMILES string of the molecule is CCC1OCCC1C(=O)NC1(C#N)CCN(C)CC1. The van der Waals surface area contributed by atoms with Gasteiger partial charge < -0.3 is 15.0 Å². The van der Waals surface area contributed by atoms with Gasteiger partial charge in [-0.3, -0.25) is 4.79 Å². The normalized spacial score (nSPS) is 30.8. The summed E-state index contributed by atoms with van der Waals surface area (Å²) >= 11 is 0. The molecule has 0 aromatic heterocycles. The van der Waals surface area contributed by atoms with Crippen molar-refractivity contribution < 1.29 is 9.53 Å². The van der Waals surface area contributed by atoms with Gasteiger partial charge in [-0.1, -0.05) is 6.92 Å². The molecule has 2 unspecified atom stereocenters. The van der Waals surface area contributed by atoms with Crippen molar-refractivity contribution in [2.24, 2.45) is 5.92 Å². The van der Waals surface area contributed by atoms with Gasteiger partial charge in [0, 0.05) is 19.7 Å². The molecular weight excluding hydrogens is 242 g/mol. The molecule has 0 aliphatic carbocycles. The minimum absolute atomic E-state index is 0.00421. The molecule has 106 valence electrons. The van der Waals surface area contributed by atoms with Crippen molar-refractivity contribution in [3.63, 3.8) is 0 Å². The summed E-state index contributed by atoms with van der Waals surface area (Å²) in [5.41, 5.74) is -0.676. The first-order chi connectivity index (χ1) is 9.10. The van der Waals surface area contributed by atoms with Crippen LogP contribution >= 0.6 is 0 Å². The van der Waals surface area contributed by atoms with E-state index in [0.29, 0.717) is 19.4 Å². The molecule has 0 radical (unpaired) electrons. The van der Waals surface area contributed by atoms with Gasteiger partial charge in [-0.15, -0.1) is 0 Å². The minimum Gasteiger partial charge on any atom is -0.377 e. The van der Waals surface area contributed by atoms with Crippen LogP contribution in [0, 0.1) is 17.2 Å². The van der Waals surface area contributed by atoms with E-state index in [1.54, 1.807) is 0 Å². The van der Waals surface area contributed by atoms with Crippen LogP contribution in [0.1, 0.15) is 32.6 Å². The van der Waals surface area contributed by atoms with Crippen molar-refractivity contribution in [3.8, 4) is 6.07 Å². The molecule has 2 fully saturated rings. The maximum absolute atomic E-state index is 12.4. The van der Waals surface area contributed by atoms with E-state index in [2.05, 4.69) is 16.3 Å². The second-order valence-corrected chi connectivity index (χ2v) is 5.70. The van der Waals surface area contributed by atoms with Crippen molar-refractivity contribution in [3.05, 3.63) is 0 Å². The third-order valence-electron chi connectivity index (χ3n) is 4.37. The van der Waals surface area contributed by atoms with Gasteiger partial charge in [0.15, 0.2) is 0 Å². The van der Waals surface area contributed by atoms with Gasteiger partial charge in [-0.25, -0.2) is 0 Å². The lowest BCUT2D eigenvalue weighted by molar-refractivity contribution is -0.128. The summed E-state index contributed by atoms with van der Waals surface area (Å²) in [4.78, 5) is 14.6. The molecular formula is C14H23N3O2. The second kappa shape index (κ2) is 5.89. The van der Waals surface area contributed by atoms with Gasteiger partial charge in [0.25, 0.3) is 0 Å². The van der Waals surface area contributed by atoms with Crippen LogP contribution in [0.25, 0.3) is 0 Å². The molecule has 1 amide bonds. The fraction of sp³-hybridized carbons (Fsp3) is 0.857. The number of nitrogens with zero attached hydrogens (tertiary/aromatic N) is 2. The monoisotopic (exact) mass is 265 g/mol. The number of likely N-dealkylation sites (tertiary alicyclic amines) is 1. The van der Waals surface area contributed by atoms with Crippen LogP contribution in [-0.2, 0) is 9.53 Å². The predicted molar refractivity (Wildman–Crippen MR) is 71.4 cm³/mol. The first-order valence-electron chi connectivity index (χ1n) is 7.13. The Morgan fingerprint density at radius 3 is 2.79 bits per heavy atom. The minimum atomic E-state index is -0.676. The van der Waals surface area contributed by atoms with E-state index in [4.69, 9.17) is 4.74 Å². The Labute approximate surface area is 114 Å². The van der Waals surface area contributed by atoms with Crippen LogP contribution in [0.5, 0.6) is 0 Å². The molecule has 5 nitrogen and oxygen atoms in total. The third-order valence-corrected chi connectivity index (χ3v) is 4.37. The first kappa shape index (κ1) is 14.3. The summed E-state index contributed by atoms with van der Waals surface area (Å²) in [6.07, 6.45) is 3.04. The number of nitriles is 1. The molecule has 0 saturated carbocycles. The lowest BCUT2D eigenvalue weighted by atomic mass is 9.87. The molecule has 2 saturated heterocycles. The van der Waals surface area contributed by atoms with Crippen LogP contribution in [0.4, 0.5) is 0 Å². The van der Waals surface area contributed by atoms with E-state index >= 15 is 0 Å². The molecule has 5 heteroatoms. The molecule has 19 heavy (non-hydrogen) atoms. The average Bonchev–Trinajstić information content (AvgIpc) is 2.90. The molecule has 0 spiro atoms. The Kier molecular flexibility index (Phi) is 4.43. The Morgan fingerprint density at radius 2 is 2.21 bits per heavy atom. The molecule has 0 bridgehead atoms. The van der Waals surface area contributed by atoms with Crippen LogP contribution in [-0.4, -0.2) is 49.2 Å². The van der Waals surface area contributed by atoms with E-state index < -0.39 is 5.54 Å². The summed E-state index contributed by atoms with van der Waals surface area (Å²) < 4.78 is 5.56. The number of piperidine rings is 1. The summed E-state index contributed by atoms with van der Waals surface area (Å²) in [5.74, 6) is -0.0923. The molecule has 0 aromatic carbocycles. The molecule has 2 aliphatic heterocycles. The van der Waals surface area contributed by atoms with E-state index in [9.17, 15) is 10.1 Å². The molecule has 2 rings (SSSR count). The molecule has 0 aromatic rings. The van der Waals surface area contributed by atoms with Crippen LogP contribution in [0.15, 0.2) is 0 Å². The van der Waals surface area contributed by atoms with Gasteiger partial charge in [-0.05, 0) is 32.7 Å². The zero-order valence-electron chi connectivity index (χ0n) is 11.8. The Hall–Kier alpha value is -1.12. The van der Waals surface area contributed by atoms with Crippen molar-refractivity contribution in [1.82, 2.24) is 10.2 Å². The first-order valence-corrected chi connectivity index (χ1v) is 7.13. The highest BCUT2D eigenvalue weighted by Gasteiger charge is 2.40. The zero-order chi connectivity index (χ0) is 13.9. The van der Waals surface area contributed by atoms with Gasteiger partial charge in [0.05, 0.1) is 18.1 Å². The predicted octanol–water partition coefficient (Wildman–Crippen LogP) is 0.906. The van der Waals surface area contributed by atoms with Crippen molar-refractivity contribution >= 4 is 5.91 Å². The second-order valence-electron chi connectivity index (χ2n) is 5.70. The van der Waals surface area contributed by atoms with Crippen molar-refractivity contribution in [2.75, 3.05) is 26.7 Å². The lowest BCUT2D eigenvalue weighted by Crippen LogP contribution is -2.55.